The first-order valence-electron chi connectivity index (χ1n) is 4.11. The van der Waals surface area contributed by atoms with Crippen LogP contribution in [0, 0.1) is 12.8 Å². The molecular formula is C9H11NOS. The predicted octanol–water partition coefficient (Wildman–Crippen LogP) is 2.14. The molecule has 3 heteroatoms. The van der Waals surface area contributed by atoms with Crippen molar-refractivity contribution in [1.29, 1.82) is 0 Å². The van der Waals surface area contributed by atoms with Crippen molar-refractivity contribution >= 4 is 17.1 Å². The molecule has 2 rings (SSSR count). The standard InChI is InChI=1S/C9H11NOS/c1-5(11)7-3-8(7)9-4-12-6(2)10-9/h4,7-8H,3H2,1-2H3. The molecule has 2 atom stereocenters. The van der Waals surface area contributed by atoms with Gasteiger partial charge in [-0.05, 0) is 20.3 Å². The average Bonchev–Trinajstić information content (AvgIpc) is 2.70. The molecule has 0 N–H and O–H groups in total. The zero-order valence-corrected chi connectivity index (χ0v) is 8.02. The molecular weight excluding hydrogens is 170 g/mol. The van der Waals surface area contributed by atoms with Crippen LogP contribution in [0.25, 0.3) is 0 Å². The van der Waals surface area contributed by atoms with Crippen molar-refractivity contribution in [3.05, 3.63) is 16.1 Å². The van der Waals surface area contributed by atoms with Crippen molar-refractivity contribution in [2.45, 2.75) is 26.2 Å². The normalized spacial score (nSPS) is 27.2. The number of hydrogen-bond acceptors (Lipinski definition) is 3. The first kappa shape index (κ1) is 7.92. The molecule has 2 nitrogen and oxygen atoms in total. The van der Waals surface area contributed by atoms with Gasteiger partial charge in [0.1, 0.15) is 5.78 Å². The van der Waals surface area contributed by atoms with Gasteiger partial charge in [0.25, 0.3) is 0 Å². The van der Waals surface area contributed by atoms with Crippen LogP contribution in [0.15, 0.2) is 5.38 Å². The molecule has 0 aliphatic heterocycles. The zero-order valence-electron chi connectivity index (χ0n) is 7.20. The van der Waals surface area contributed by atoms with Crippen molar-refractivity contribution in [3.63, 3.8) is 0 Å². The van der Waals surface area contributed by atoms with Gasteiger partial charge in [0, 0.05) is 17.2 Å². The minimum absolute atomic E-state index is 0.270. The molecule has 1 aliphatic carbocycles. The minimum atomic E-state index is 0.270. The number of carbonyl (C=O) groups excluding carboxylic acids is 1. The van der Waals surface area contributed by atoms with Gasteiger partial charge in [-0.1, -0.05) is 0 Å². The van der Waals surface area contributed by atoms with Gasteiger partial charge in [0.05, 0.1) is 10.7 Å². The van der Waals surface area contributed by atoms with Crippen LogP contribution < -0.4 is 0 Å². The lowest BCUT2D eigenvalue weighted by Gasteiger charge is -1.89. The van der Waals surface area contributed by atoms with E-state index in [1.165, 1.54) is 0 Å². The Balaban J connectivity index is 2.10. The molecule has 0 bridgehead atoms. The van der Waals surface area contributed by atoms with Crippen LogP contribution in [-0.4, -0.2) is 10.8 Å². The highest BCUT2D eigenvalue weighted by Gasteiger charge is 2.43. The lowest BCUT2D eigenvalue weighted by atomic mass is 10.2. The van der Waals surface area contributed by atoms with E-state index >= 15 is 0 Å². The summed E-state index contributed by atoms with van der Waals surface area (Å²) >= 11 is 1.66. The van der Waals surface area contributed by atoms with E-state index in [9.17, 15) is 4.79 Å². The molecule has 1 aromatic rings. The van der Waals surface area contributed by atoms with Gasteiger partial charge in [-0.15, -0.1) is 11.3 Å². The Bertz CT molecular complexity index is 318. The molecule has 1 saturated carbocycles. The summed E-state index contributed by atoms with van der Waals surface area (Å²) in [6.07, 6.45) is 1.01. The first-order chi connectivity index (χ1) is 5.68. The number of thiazole rings is 1. The van der Waals surface area contributed by atoms with E-state index in [0.717, 1.165) is 17.1 Å². The van der Waals surface area contributed by atoms with Crippen LogP contribution in [0.3, 0.4) is 0 Å². The van der Waals surface area contributed by atoms with Crippen molar-refractivity contribution in [3.8, 4) is 0 Å². The summed E-state index contributed by atoms with van der Waals surface area (Å²) in [5.74, 6) is 1.02. The smallest absolute Gasteiger partial charge is 0.133 e. The minimum Gasteiger partial charge on any atom is -0.300 e. The Hall–Kier alpha value is -0.700. The van der Waals surface area contributed by atoms with Gasteiger partial charge >= 0.3 is 0 Å². The van der Waals surface area contributed by atoms with Crippen LogP contribution in [-0.2, 0) is 4.79 Å². The van der Waals surface area contributed by atoms with Gasteiger partial charge in [-0.25, -0.2) is 4.98 Å². The lowest BCUT2D eigenvalue weighted by Crippen LogP contribution is -1.94. The SMILES string of the molecule is CC(=O)C1CC1c1csc(C)n1. The van der Waals surface area contributed by atoms with Gasteiger partial charge < -0.3 is 0 Å². The Morgan fingerprint density at radius 3 is 2.92 bits per heavy atom. The second-order valence-corrected chi connectivity index (χ2v) is 4.41. The Kier molecular flexibility index (Phi) is 1.76. The van der Waals surface area contributed by atoms with Crippen LogP contribution in [0.1, 0.15) is 30.0 Å². The van der Waals surface area contributed by atoms with E-state index in [0.29, 0.717) is 11.7 Å². The lowest BCUT2D eigenvalue weighted by molar-refractivity contribution is -0.118. The Morgan fingerprint density at radius 2 is 2.50 bits per heavy atom. The second-order valence-electron chi connectivity index (χ2n) is 3.35. The highest BCUT2D eigenvalue weighted by atomic mass is 32.1. The Labute approximate surface area is 75.6 Å². The molecule has 0 aromatic carbocycles. The number of rotatable bonds is 2. The van der Waals surface area contributed by atoms with Crippen LogP contribution in [0.5, 0.6) is 0 Å². The maximum Gasteiger partial charge on any atom is 0.133 e. The van der Waals surface area contributed by atoms with E-state index in [1.54, 1.807) is 18.3 Å². The first-order valence-corrected chi connectivity index (χ1v) is 4.99. The number of nitrogens with zero attached hydrogens (tertiary/aromatic N) is 1. The molecule has 12 heavy (non-hydrogen) atoms. The maximum absolute atomic E-state index is 11.0. The molecule has 0 spiro atoms. The molecule has 0 amide bonds. The van der Waals surface area contributed by atoms with Gasteiger partial charge in [-0.3, -0.25) is 4.79 Å². The van der Waals surface area contributed by atoms with E-state index < -0.39 is 0 Å². The van der Waals surface area contributed by atoms with Gasteiger partial charge in [0.2, 0.25) is 0 Å². The van der Waals surface area contributed by atoms with Crippen molar-refractivity contribution in [2.24, 2.45) is 5.92 Å². The third-order valence-corrected chi connectivity index (χ3v) is 3.12. The van der Waals surface area contributed by atoms with Crippen LogP contribution >= 0.6 is 11.3 Å². The molecule has 0 saturated heterocycles. The highest BCUT2D eigenvalue weighted by molar-refractivity contribution is 7.09. The molecule has 1 heterocycles. The molecule has 2 unspecified atom stereocenters. The van der Waals surface area contributed by atoms with Crippen molar-refractivity contribution < 1.29 is 4.79 Å². The molecule has 1 aliphatic rings. The third kappa shape index (κ3) is 1.29. The van der Waals surface area contributed by atoms with Crippen LogP contribution in [0.2, 0.25) is 0 Å². The van der Waals surface area contributed by atoms with Crippen molar-refractivity contribution in [2.75, 3.05) is 0 Å². The molecule has 1 aromatic heterocycles. The van der Waals surface area contributed by atoms with E-state index in [1.807, 2.05) is 6.92 Å². The quantitative estimate of drug-likeness (QED) is 0.699. The molecule has 1 fully saturated rings. The average molecular weight is 181 g/mol. The third-order valence-electron chi connectivity index (χ3n) is 2.33. The fourth-order valence-corrected chi connectivity index (χ4v) is 2.20. The van der Waals surface area contributed by atoms with Crippen LogP contribution in [0.4, 0.5) is 0 Å². The zero-order chi connectivity index (χ0) is 8.72. The number of Topliss-reactive ketones (excluding diaryl/α,β-unsaturated/α-hetero) is 1. The summed E-state index contributed by atoms with van der Waals surface area (Å²) in [6, 6.07) is 0. The fraction of sp³-hybridized carbons (Fsp3) is 0.556. The van der Waals surface area contributed by atoms with Crippen molar-refractivity contribution in [1.82, 2.24) is 4.98 Å². The topological polar surface area (TPSA) is 30.0 Å². The summed E-state index contributed by atoms with van der Waals surface area (Å²) in [4.78, 5) is 15.3. The maximum atomic E-state index is 11.0. The summed E-state index contributed by atoms with van der Waals surface area (Å²) < 4.78 is 0. The summed E-state index contributed by atoms with van der Waals surface area (Å²) in [5.41, 5.74) is 1.12. The summed E-state index contributed by atoms with van der Waals surface area (Å²) in [6.45, 7) is 3.67. The second kappa shape index (κ2) is 2.66. The van der Waals surface area contributed by atoms with E-state index in [-0.39, 0.29) is 5.92 Å². The monoisotopic (exact) mass is 181 g/mol. The van der Waals surface area contributed by atoms with Gasteiger partial charge in [-0.2, -0.15) is 0 Å². The molecule has 0 radical (unpaired) electrons. The number of aryl methyl sites for hydroxylation is 1. The summed E-state index contributed by atoms with van der Waals surface area (Å²) in [7, 11) is 0. The number of aromatic nitrogens is 1. The predicted molar refractivity (Wildman–Crippen MR) is 48.4 cm³/mol. The fourth-order valence-electron chi connectivity index (χ4n) is 1.52. The summed E-state index contributed by atoms with van der Waals surface area (Å²) in [5, 5.41) is 3.17. The number of carbonyl (C=O) groups is 1. The largest absolute Gasteiger partial charge is 0.300 e. The molecule has 64 valence electrons. The highest BCUT2D eigenvalue weighted by Crippen LogP contribution is 2.47. The Morgan fingerprint density at radius 1 is 1.75 bits per heavy atom. The van der Waals surface area contributed by atoms with E-state index in [2.05, 4.69) is 10.4 Å². The van der Waals surface area contributed by atoms with Gasteiger partial charge in [0.15, 0.2) is 0 Å². The van der Waals surface area contributed by atoms with E-state index in [4.69, 9.17) is 0 Å². The number of hydrogen-bond donors (Lipinski definition) is 0. The number of ketones is 1.